The molecule has 0 bridgehead atoms. The molecule has 7 heterocycles. The van der Waals surface area contributed by atoms with Crippen LogP contribution in [0.2, 0.25) is 0 Å². The number of fused-ring (bicyclic) bond motifs is 4. The first kappa shape index (κ1) is 50.9. The molecule has 408 valence electrons. The average molecular weight is 1030 g/mol. The molecule has 1 aromatic carbocycles. The number of allylic oxidation sites excluding steroid dienone is 1. The van der Waals surface area contributed by atoms with Crippen LogP contribution in [0, 0.1) is 75.4 Å². The van der Waals surface area contributed by atoms with Crippen molar-refractivity contribution in [2.45, 2.75) is 191 Å². The maximum Gasteiger partial charge on any atom is 0.339 e. The molecule has 5 aliphatic carbocycles. The molecule has 2 aromatic rings. The number of esters is 2. The summed E-state index contributed by atoms with van der Waals surface area (Å²) in [6, 6.07) is 13.0. The molecule has 5 saturated carbocycles. The first-order chi connectivity index (χ1) is 36.3. The van der Waals surface area contributed by atoms with Gasteiger partial charge in [0.15, 0.2) is 11.9 Å². The second-order valence-corrected chi connectivity index (χ2v) is 26.8. The van der Waals surface area contributed by atoms with Gasteiger partial charge in [-0.2, -0.15) is 0 Å². The predicted octanol–water partition coefficient (Wildman–Crippen LogP) is 8.42. The van der Waals surface area contributed by atoms with E-state index >= 15 is 9.59 Å². The highest BCUT2D eigenvalue weighted by Crippen LogP contribution is 2.83. The largest absolute Gasteiger partial charge is 0.469 e. The van der Waals surface area contributed by atoms with E-state index in [-0.39, 0.29) is 61.0 Å². The summed E-state index contributed by atoms with van der Waals surface area (Å²) in [7, 11) is 0. The highest BCUT2D eigenvalue weighted by atomic mass is 16.7. The lowest BCUT2D eigenvalue weighted by molar-refractivity contribution is -0.276. The number of ether oxygens (including phenoxy) is 4. The first-order valence-corrected chi connectivity index (χ1v) is 29.7. The van der Waals surface area contributed by atoms with Gasteiger partial charge in [-0.3, -0.25) is 14.9 Å². The molecule has 11 aliphatic rings. The molecule has 2 spiro atoms. The number of epoxide rings is 1. The zero-order valence-electron chi connectivity index (χ0n) is 44.8. The molecule has 13 nitrogen and oxygen atoms in total. The van der Waals surface area contributed by atoms with Gasteiger partial charge in [-0.25, -0.2) is 4.79 Å². The van der Waals surface area contributed by atoms with Crippen LogP contribution in [0.4, 0.5) is 0 Å². The smallest absolute Gasteiger partial charge is 0.339 e. The number of Topliss-reactive ketones (excluding diaryl/α,β-unsaturated/α-hetero) is 1. The van der Waals surface area contributed by atoms with E-state index in [1.165, 1.54) is 37.7 Å². The molecule has 1 aromatic heterocycles. The normalized spacial score (nSPS) is 45.1. The van der Waals surface area contributed by atoms with Crippen molar-refractivity contribution in [3.8, 4) is 0 Å². The Hall–Kier alpha value is -3.59. The monoisotopic (exact) mass is 1030 g/mol. The standard InChI is InChI=1S/C62H84N2O11/c1-36(39-14-8-5-9-15-39)19-24-59(3)53-52(68)54(69)61(42-16-10-13-38(28-42)27-37-11-6-4-7-12-37)49(60(53)34-72-51(67)31-50(60)74-59)20-23-58(2)55(73-57(70)56-62(58,61)75-56)44-22-26-71-48(44)30-45(47(66)33-65)40-17-18-43-41(29-40)21-25-64-35-63-32-46(43)64/h4,6-7,11-12,21-22,25-26,36,38-43,45-47,49-50,53-56,63,65-66,69H,5,8-10,13-20,23-24,27-35H2,1-3H3/t36-,38-,40+,41-,42+,43+,45+,46-,47-,49-,50+,53-,54-,55+,56-,58+,59+,60+,61+,62-/m1/s1. The first-order valence-electron chi connectivity index (χ1n) is 29.7. The summed E-state index contributed by atoms with van der Waals surface area (Å²) in [4.78, 5) is 47.5. The lowest BCUT2D eigenvalue weighted by atomic mass is 9.32. The summed E-state index contributed by atoms with van der Waals surface area (Å²) in [6.45, 7) is 8.10. The Morgan fingerprint density at radius 3 is 2.55 bits per heavy atom. The third kappa shape index (κ3) is 7.59. The van der Waals surface area contributed by atoms with Gasteiger partial charge in [0.1, 0.15) is 30.2 Å². The van der Waals surface area contributed by atoms with Gasteiger partial charge in [0, 0.05) is 40.8 Å². The third-order valence-corrected chi connectivity index (χ3v) is 23.5. The number of nitrogens with zero attached hydrogens (tertiary/aromatic N) is 1. The van der Waals surface area contributed by atoms with E-state index < -0.39 is 69.9 Å². The Labute approximate surface area is 443 Å². The van der Waals surface area contributed by atoms with Gasteiger partial charge < -0.3 is 43.6 Å². The van der Waals surface area contributed by atoms with Crippen molar-refractivity contribution in [1.82, 2.24) is 10.2 Å². The summed E-state index contributed by atoms with van der Waals surface area (Å²) < 4.78 is 34.1. The molecule has 10 fully saturated rings. The van der Waals surface area contributed by atoms with Crippen molar-refractivity contribution >= 4 is 17.7 Å². The van der Waals surface area contributed by atoms with Gasteiger partial charge in [0.05, 0.1) is 49.7 Å². The Kier molecular flexibility index (Phi) is 12.9. The van der Waals surface area contributed by atoms with Gasteiger partial charge in [0.2, 0.25) is 0 Å². The van der Waals surface area contributed by atoms with Crippen LogP contribution in [-0.2, 0) is 46.2 Å². The van der Waals surface area contributed by atoms with Crippen LogP contribution in [0.15, 0.2) is 59.4 Å². The van der Waals surface area contributed by atoms with Gasteiger partial charge in [0.25, 0.3) is 0 Å². The van der Waals surface area contributed by atoms with Crippen LogP contribution in [-0.4, -0.2) is 106 Å². The van der Waals surface area contributed by atoms with Crippen molar-refractivity contribution in [2.24, 2.45) is 75.4 Å². The topological polar surface area (TPSA) is 181 Å². The molecule has 13 rings (SSSR count). The van der Waals surface area contributed by atoms with Crippen LogP contribution >= 0.6 is 0 Å². The van der Waals surface area contributed by atoms with Crippen molar-refractivity contribution in [2.75, 3.05) is 26.4 Å². The van der Waals surface area contributed by atoms with Gasteiger partial charge >= 0.3 is 11.9 Å². The zero-order chi connectivity index (χ0) is 51.6. The minimum absolute atomic E-state index is 0.0279. The number of nitrogens with one attached hydrogen (secondary N) is 1. The number of aliphatic hydroxyl groups excluding tert-OH is 3. The van der Waals surface area contributed by atoms with Crippen molar-refractivity contribution in [3.63, 3.8) is 0 Å². The lowest BCUT2D eigenvalue weighted by Crippen LogP contribution is -2.79. The summed E-state index contributed by atoms with van der Waals surface area (Å²) in [5.41, 5.74) is -3.42. The second-order valence-electron chi connectivity index (χ2n) is 26.8. The quantitative estimate of drug-likeness (QED) is 0.111. The number of cyclic esters (lactones) is 2. The highest BCUT2D eigenvalue weighted by Gasteiger charge is 2.93. The SMILES string of the molecule is C[C@H](CC[C@]1(C)O[C@H]2CC(=O)OC[C@]23[C@H]2CC[C@@]4(C)[C@H](c5ccoc5C[C@@H]([C@H]5CC[C@H]6[C@H](C=CN7CNC[C@H]67)C5)[C@H](O)CO)OC(=O)[C@H]5O[C@]54[C@]2([C@H]2CCC[C@H](Cc4ccccc4)C2)[C@H](O)C(=O)[C@@H]31)C1CCCCC1. The highest BCUT2D eigenvalue weighted by molar-refractivity contribution is 5.92. The number of rotatable bonds is 13. The third-order valence-electron chi connectivity index (χ3n) is 23.5. The number of hydrogen-bond acceptors (Lipinski definition) is 13. The van der Waals surface area contributed by atoms with Gasteiger partial charge in [-0.05, 0) is 142 Å². The van der Waals surface area contributed by atoms with E-state index in [4.69, 9.17) is 23.4 Å². The van der Waals surface area contributed by atoms with Crippen LogP contribution in [0.25, 0.3) is 0 Å². The minimum Gasteiger partial charge on any atom is -0.469 e. The van der Waals surface area contributed by atoms with E-state index in [2.05, 4.69) is 67.5 Å². The summed E-state index contributed by atoms with van der Waals surface area (Å²) >= 11 is 0. The Morgan fingerprint density at radius 2 is 1.73 bits per heavy atom. The number of benzene rings is 1. The lowest BCUT2D eigenvalue weighted by Gasteiger charge is -2.70. The number of furan rings is 1. The fourth-order valence-electron chi connectivity index (χ4n) is 20.2. The van der Waals surface area contributed by atoms with Crippen LogP contribution in [0.5, 0.6) is 0 Å². The van der Waals surface area contributed by atoms with Crippen molar-refractivity contribution in [1.29, 1.82) is 0 Å². The molecule has 4 N–H and O–H groups in total. The maximum absolute atomic E-state index is 16.4. The molecule has 0 radical (unpaired) electrons. The predicted molar refractivity (Wildman–Crippen MR) is 277 cm³/mol. The summed E-state index contributed by atoms with van der Waals surface area (Å²) in [6.07, 6.45) is 17.8. The van der Waals surface area contributed by atoms with E-state index in [9.17, 15) is 20.1 Å². The number of carbonyl (C=O) groups is 3. The number of ketones is 1. The van der Waals surface area contributed by atoms with Crippen molar-refractivity contribution in [3.05, 3.63) is 71.8 Å². The fourth-order valence-corrected chi connectivity index (χ4v) is 20.2. The molecule has 0 amide bonds. The molecule has 75 heavy (non-hydrogen) atoms. The van der Waals surface area contributed by atoms with Crippen LogP contribution in [0.3, 0.4) is 0 Å². The molecule has 20 atom stereocenters. The van der Waals surface area contributed by atoms with E-state index in [0.717, 1.165) is 71.0 Å². The van der Waals surface area contributed by atoms with Crippen LogP contribution < -0.4 is 5.32 Å². The molecular formula is C62H84N2O11. The van der Waals surface area contributed by atoms with Crippen molar-refractivity contribution < 1.29 is 53.1 Å². The number of carbonyl (C=O) groups excluding carboxylic acids is 3. The second kappa shape index (κ2) is 19.1. The summed E-state index contributed by atoms with van der Waals surface area (Å²) in [5.74, 6) is 0.290. The molecule has 13 heteroatoms. The Balaban J connectivity index is 0.888. The maximum atomic E-state index is 16.4. The number of hydrogen-bond donors (Lipinski definition) is 4. The van der Waals surface area contributed by atoms with E-state index in [0.29, 0.717) is 66.7 Å². The van der Waals surface area contributed by atoms with Crippen LogP contribution in [0.1, 0.15) is 153 Å². The molecule has 6 aliphatic heterocycles. The number of aliphatic hydroxyl groups is 3. The summed E-state index contributed by atoms with van der Waals surface area (Å²) in [5, 5.41) is 39.8. The molecule has 0 unspecified atom stereocenters. The van der Waals surface area contributed by atoms with Gasteiger partial charge in [-0.15, -0.1) is 0 Å². The fraction of sp³-hybridized carbons (Fsp3) is 0.758. The molecule has 5 saturated heterocycles. The van der Waals surface area contributed by atoms with E-state index in [1.807, 2.05) is 12.1 Å². The van der Waals surface area contributed by atoms with E-state index in [1.54, 1.807) is 6.26 Å². The minimum atomic E-state index is -1.48. The Morgan fingerprint density at radius 1 is 0.907 bits per heavy atom. The zero-order valence-corrected chi connectivity index (χ0v) is 44.8. The Bertz CT molecular complexity index is 2510. The molecular weight excluding hydrogens is 949 g/mol. The van der Waals surface area contributed by atoms with Gasteiger partial charge in [-0.1, -0.05) is 95.2 Å². The average Bonchev–Trinajstić information content (AvgIpc) is 3.65.